The minimum atomic E-state index is -0.355. The molecule has 2 N–H and O–H groups in total. The topological polar surface area (TPSA) is 50.4 Å². The molecule has 0 aliphatic rings. The summed E-state index contributed by atoms with van der Waals surface area (Å²) >= 11 is 0. The normalized spacial score (nSPS) is 11.6. The Morgan fingerprint density at radius 2 is 1.82 bits per heavy atom. The lowest BCUT2D eigenvalue weighted by molar-refractivity contribution is -0.116. The summed E-state index contributed by atoms with van der Waals surface area (Å²) in [7, 11) is 1.59. The molecule has 0 saturated heterocycles. The lowest BCUT2D eigenvalue weighted by Gasteiger charge is -2.17. The van der Waals surface area contributed by atoms with Crippen molar-refractivity contribution in [3.8, 4) is 5.75 Å². The number of para-hydroxylation sites is 2. The van der Waals surface area contributed by atoms with Gasteiger partial charge in [-0.1, -0.05) is 18.2 Å². The number of amides is 1. The summed E-state index contributed by atoms with van der Waals surface area (Å²) in [5, 5.41) is 6.10. The van der Waals surface area contributed by atoms with Crippen LogP contribution in [-0.4, -0.2) is 19.1 Å². The molecule has 0 aliphatic heterocycles. The van der Waals surface area contributed by atoms with E-state index in [1.807, 2.05) is 49.4 Å². The van der Waals surface area contributed by atoms with Crippen molar-refractivity contribution in [3.63, 3.8) is 0 Å². The maximum absolute atomic E-state index is 12.3. The first-order valence-corrected chi connectivity index (χ1v) is 7.29. The van der Waals surface area contributed by atoms with Crippen LogP contribution in [0.2, 0.25) is 0 Å². The van der Waals surface area contributed by atoms with E-state index in [0.29, 0.717) is 11.4 Å². The third-order valence-corrected chi connectivity index (χ3v) is 3.65. The molecular weight excluding hydrogens is 276 g/mol. The zero-order chi connectivity index (χ0) is 16.1. The largest absolute Gasteiger partial charge is 0.495 e. The van der Waals surface area contributed by atoms with Crippen LogP contribution in [0.4, 0.5) is 11.4 Å². The smallest absolute Gasteiger partial charge is 0.246 e. The first-order valence-electron chi connectivity index (χ1n) is 7.29. The summed E-state index contributed by atoms with van der Waals surface area (Å²) < 4.78 is 5.24. The van der Waals surface area contributed by atoms with E-state index in [1.54, 1.807) is 7.11 Å². The fourth-order valence-corrected chi connectivity index (χ4v) is 2.14. The Morgan fingerprint density at radius 3 is 2.50 bits per heavy atom. The van der Waals surface area contributed by atoms with E-state index >= 15 is 0 Å². The van der Waals surface area contributed by atoms with Crippen LogP contribution >= 0.6 is 0 Å². The van der Waals surface area contributed by atoms with Crippen LogP contribution in [-0.2, 0) is 4.79 Å². The minimum Gasteiger partial charge on any atom is -0.495 e. The highest BCUT2D eigenvalue weighted by Gasteiger charge is 2.14. The Hall–Kier alpha value is -2.49. The molecule has 0 bridgehead atoms. The van der Waals surface area contributed by atoms with Crippen molar-refractivity contribution in [2.24, 2.45) is 0 Å². The van der Waals surface area contributed by atoms with Crippen LogP contribution in [0.3, 0.4) is 0 Å². The molecule has 4 heteroatoms. The SMILES string of the molecule is COc1ccccc1NC(=O)C(C)Nc1ccc(C)c(C)c1. The van der Waals surface area contributed by atoms with E-state index in [1.165, 1.54) is 11.1 Å². The Morgan fingerprint density at radius 1 is 1.09 bits per heavy atom. The van der Waals surface area contributed by atoms with Gasteiger partial charge in [-0.25, -0.2) is 0 Å². The van der Waals surface area contributed by atoms with Gasteiger partial charge in [0.25, 0.3) is 0 Å². The van der Waals surface area contributed by atoms with Crippen LogP contribution in [0.25, 0.3) is 0 Å². The molecule has 2 aromatic rings. The van der Waals surface area contributed by atoms with Crippen molar-refractivity contribution in [2.45, 2.75) is 26.8 Å². The van der Waals surface area contributed by atoms with Crippen molar-refractivity contribution < 1.29 is 9.53 Å². The Balaban J connectivity index is 2.04. The number of nitrogens with one attached hydrogen (secondary N) is 2. The predicted molar refractivity (Wildman–Crippen MR) is 90.6 cm³/mol. The number of aryl methyl sites for hydroxylation is 2. The van der Waals surface area contributed by atoms with Gasteiger partial charge >= 0.3 is 0 Å². The van der Waals surface area contributed by atoms with Crippen molar-refractivity contribution >= 4 is 17.3 Å². The fraction of sp³-hybridized carbons (Fsp3) is 0.278. The highest BCUT2D eigenvalue weighted by molar-refractivity contribution is 5.97. The molecule has 1 amide bonds. The number of benzene rings is 2. The Bertz CT molecular complexity index is 668. The zero-order valence-corrected chi connectivity index (χ0v) is 13.4. The van der Waals surface area contributed by atoms with Gasteiger partial charge in [-0.2, -0.15) is 0 Å². The molecule has 0 heterocycles. The molecule has 2 rings (SSSR count). The van der Waals surface area contributed by atoms with E-state index in [2.05, 4.69) is 24.5 Å². The molecule has 0 radical (unpaired) electrons. The van der Waals surface area contributed by atoms with E-state index in [0.717, 1.165) is 5.69 Å². The lowest BCUT2D eigenvalue weighted by Crippen LogP contribution is -2.32. The van der Waals surface area contributed by atoms with Crippen molar-refractivity contribution in [2.75, 3.05) is 17.7 Å². The summed E-state index contributed by atoms with van der Waals surface area (Å²) in [6.07, 6.45) is 0. The van der Waals surface area contributed by atoms with Gasteiger partial charge in [-0.05, 0) is 56.2 Å². The second-order valence-corrected chi connectivity index (χ2v) is 5.35. The molecule has 1 unspecified atom stereocenters. The third kappa shape index (κ3) is 3.79. The van der Waals surface area contributed by atoms with Crippen molar-refractivity contribution in [1.29, 1.82) is 0 Å². The third-order valence-electron chi connectivity index (χ3n) is 3.65. The first kappa shape index (κ1) is 15.9. The van der Waals surface area contributed by atoms with Crippen molar-refractivity contribution in [1.82, 2.24) is 0 Å². The zero-order valence-electron chi connectivity index (χ0n) is 13.4. The number of rotatable bonds is 5. The average Bonchev–Trinajstić information content (AvgIpc) is 2.51. The predicted octanol–water partition coefficient (Wildman–Crippen LogP) is 3.75. The molecule has 0 fully saturated rings. The van der Waals surface area contributed by atoms with Gasteiger partial charge in [0.1, 0.15) is 11.8 Å². The van der Waals surface area contributed by atoms with Crippen LogP contribution < -0.4 is 15.4 Å². The number of anilines is 2. The van der Waals surface area contributed by atoms with Crippen LogP contribution in [0, 0.1) is 13.8 Å². The molecule has 0 spiro atoms. The number of methoxy groups -OCH3 is 1. The highest BCUT2D eigenvalue weighted by Crippen LogP contribution is 2.23. The van der Waals surface area contributed by atoms with Crippen LogP contribution in [0.1, 0.15) is 18.1 Å². The molecular formula is C18H22N2O2. The molecule has 22 heavy (non-hydrogen) atoms. The second kappa shape index (κ2) is 6.98. The van der Waals surface area contributed by atoms with Gasteiger partial charge in [-0.15, -0.1) is 0 Å². The first-order chi connectivity index (χ1) is 10.5. The van der Waals surface area contributed by atoms with E-state index < -0.39 is 0 Å². The van der Waals surface area contributed by atoms with Crippen LogP contribution in [0.15, 0.2) is 42.5 Å². The van der Waals surface area contributed by atoms with Gasteiger partial charge in [0, 0.05) is 5.69 Å². The molecule has 0 saturated carbocycles. The fourth-order valence-electron chi connectivity index (χ4n) is 2.14. The van der Waals surface area contributed by atoms with Gasteiger partial charge in [0.05, 0.1) is 12.8 Å². The summed E-state index contributed by atoms with van der Waals surface area (Å²) in [4.78, 5) is 12.3. The molecule has 4 nitrogen and oxygen atoms in total. The second-order valence-electron chi connectivity index (χ2n) is 5.35. The molecule has 0 aliphatic carbocycles. The van der Waals surface area contributed by atoms with Crippen LogP contribution in [0.5, 0.6) is 5.75 Å². The van der Waals surface area contributed by atoms with E-state index in [4.69, 9.17) is 4.74 Å². The number of hydrogen-bond donors (Lipinski definition) is 2. The maximum atomic E-state index is 12.3. The minimum absolute atomic E-state index is 0.109. The average molecular weight is 298 g/mol. The monoisotopic (exact) mass is 298 g/mol. The Labute approximate surface area is 131 Å². The summed E-state index contributed by atoms with van der Waals surface area (Å²) in [6, 6.07) is 13.1. The highest BCUT2D eigenvalue weighted by atomic mass is 16.5. The number of carbonyl (C=O) groups is 1. The molecule has 2 aromatic carbocycles. The quantitative estimate of drug-likeness (QED) is 0.884. The molecule has 116 valence electrons. The van der Waals surface area contributed by atoms with Gasteiger partial charge in [0.15, 0.2) is 0 Å². The van der Waals surface area contributed by atoms with E-state index in [-0.39, 0.29) is 11.9 Å². The number of hydrogen-bond acceptors (Lipinski definition) is 3. The van der Waals surface area contributed by atoms with Gasteiger partial charge < -0.3 is 15.4 Å². The summed E-state index contributed by atoms with van der Waals surface area (Å²) in [5.74, 6) is 0.539. The van der Waals surface area contributed by atoms with Gasteiger partial charge in [-0.3, -0.25) is 4.79 Å². The summed E-state index contributed by atoms with van der Waals surface area (Å²) in [5.41, 5.74) is 4.04. The van der Waals surface area contributed by atoms with E-state index in [9.17, 15) is 4.79 Å². The molecule has 1 atom stereocenters. The standard InChI is InChI=1S/C18H22N2O2/c1-12-9-10-15(11-13(12)2)19-14(3)18(21)20-16-7-5-6-8-17(16)22-4/h5-11,14,19H,1-4H3,(H,20,21). The Kier molecular flexibility index (Phi) is 5.04. The molecule has 0 aromatic heterocycles. The van der Waals surface area contributed by atoms with Gasteiger partial charge in [0.2, 0.25) is 5.91 Å². The number of ether oxygens (including phenoxy) is 1. The van der Waals surface area contributed by atoms with Crippen molar-refractivity contribution in [3.05, 3.63) is 53.6 Å². The summed E-state index contributed by atoms with van der Waals surface area (Å²) in [6.45, 7) is 5.96. The maximum Gasteiger partial charge on any atom is 0.246 e. The lowest BCUT2D eigenvalue weighted by atomic mass is 10.1. The number of carbonyl (C=O) groups excluding carboxylic acids is 1.